The summed E-state index contributed by atoms with van der Waals surface area (Å²) in [6.45, 7) is 0. The Morgan fingerprint density at radius 1 is 1.41 bits per heavy atom. The maximum Gasteiger partial charge on any atom is 0.215 e. The summed E-state index contributed by atoms with van der Waals surface area (Å²) in [7, 11) is 1.63. The maximum absolute atomic E-state index is 12.2. The van der Waals surface area contributed by atoms with Gasteiger partial charge in [-0.3, -0.25) is 4.79 Å². The zero-order valence-corrected chi connectivity index (χ0v) is 11.7. The summed E-state index contributed by atoms with van der Waals surface area (Å²) in [6.07, 6.45) is 0. The third-order valence-corrected chi connectivity index (χ3v) is 3.26. The number of nitrogens with zero attached hydrogens (tertiary/aromatic N) is 3. The van der Waals surface area contributed by atoms with E-state index in [-0.39, 0.29) is 5.78 Å². The molecular formula is C10H6BrCl2N3O. The van der Waals surface area contributed by atoms with Gasteiger partial charge in [-0.05, 0) is 34.1 Å². The van der Waals surface area contributed by atoms with Crippen LogP contribution >= 0.6 is 39.1 Å². The average Bonchev–Trinajstić information content (AvgIpc) is 2.58. The van der Waals surface area contributed by atoms with Crippen LogP contribution in [0, 0.1) is 0 Å². The molecule has 0 unspecified atom stereocenters. The number of aryl methyl sites for hydroxylation is 1. The van der Waals surface area contributed by atoms with Crippen LogP contribution in [0.5, 0.6) is 0 Å². The van der Waals surface area contributed by atoms with E-state index >= 15 is 0 Å². The molecule has 4 nitrogen and oxygen atoms in total. The quantitative estimate of drug-likeness (QED) is 0.793. The molecule has 0 spiro atoms. The van der Waals surface area contributed by atoms with E-state index in [1.54, 1.807) is 19.2 Å². The number of carbonyl (C=O) groups excluding carboxylic acids is 1. The van der Waals surface area contributed by atoms with Crippen molar-refractivity contribution in [3.05, 3.63) is 44.1 Å². The van der Waals surface area contributed by atoms with Crippen molar-refractivity contribution in [3.8, 4) is 0 Å². The Hall–Kier alpha value is -0.910. The van der Waals surface area contributed by atoms with Crippen LogP contribution in [-0.4, -0.2) is 20.8 Å². The summed E-state index contributed by atoms with van der Waals surface area (Å²) in [5.41, 5.74) is 0.705. The van der Waals surface area contributed by atoms with Crippen molar-refractivity contribution in [1.29, 1.82) is 0 Å². The first-order valence-corrected chi connectivity index (χ1v) is 6.10. The van der Waals surface area contributed by atoms with Gasteiger partial charge in [0.05, 0.1) is 5.02 Å². The number of benzene rings is 1. The van der Waals surface area contributed by atoms with Crippen molar-refractivity contribution in [2.75, 3.05) is 0 Å². The minimum atomic E-state index is -0.258. The fraction of sp³-hybridized carbons (Fsp3) is 0.100. The summed E-state index contributed by atoms with van der Waals surface area (Å²) in [5.74, 6) is -0.258. The fourth-order valence-corrected chi connectivity index (χ4v) is 2.38. The number of carbonyl (C=O) groups is 1. The number of ketones is 1. The summed E-state index contributed by atoms with van der Waals surface area (Å²) < 4.78 is 1.77. The normalized spacial score (nSPS) is 10.6. The monoisotopic (exact) mass is 333 g/mol. The van der Waals surface area contributed by atoms with E-state index in [1.807, 2.05) is 0 Å². The van der Waals surface area contributed by atoms with Crippen LogP contribution < -0.4 is 0 Å². The second-order valence-electron chi connectivity index (χ2n) is 3.31. The molecule has 7 heteroatoms. The molecule has 0 bridgehead atoms. The standard InChI is InChI=1S/C10H6BrCl2N3O/c1-16-8(10(11)14-15-16)9(17)6-3-2-5(12)4-7(6)13/h2-4H,1H3. The van der Waals surface area contributed by atoms with E-state index in [1.165, 1.54) is 10.7 Å². The molecule has 0 aliphatic rings. The highest BCUT2D eigenvalue weighted by Crippen LogP contribution is 2.25. The Balaban J connectivity index is 2.51. The molecule has 1 aromatic carbocycles. The first-order chi connectivity index (χ1) is 8.00. The first kappa shape index (κ1) is 12.5. The molecule has 0 atom stereocenters. The van der Waals surface area contributed by atoms with Crippen LogP contribution in [0.3, 0.4) is 0 Å². The molecule has 0 radical (unpaired) electrons. The first-order valence-electron chi connectivity index (χ1n) is 4.55. The van der Waals surface area contributed by atoms with Crippen molar-refractivity contribution in [3.63, 3.8) is 0 Å². The minimum absolute atomic E-state index is 0.258. The Labute approximate surface area is 116 Å². The van der Waals surface area contributed by atoms with Crippen molar-refractivity contribution >= 4 is 44.9 Å². The number of hydrogen-bond acceptors (Lipinski definition) is 3. The number of hydrogen-bond donors (Lipinski definition) is 0. The van der Waals surface area contributed by atoms with Gasteiger partial charge in [-0.1, -0.05) is 28.4 Å². The Bertz CT molecular complexity index is 578. The van der Waals surface area contributed by atoms with Gasteiger partial charge in [-0.15, -0.1) is 5.10 Å². The topological polar surface area (TPSA) is 47.8 Å². The summed E-state index contributed by atoms with van der Waals surface area (Å²) >= 11 is 14.9. The molecule has 0 N–H and O–H groups in total. The van der Waals surface area contributed by atoms with Gasteiger partial charge in [-0.25, -0.2) is 4.68 Å². The third-order valence-electron chi connectivity index (χ3n) is 2.18. The third kappa shape index (κ3) is 2.36. The highest BCUT2D eigenvalue weighted by molar-refractivity contribution is 9.10. The molecule has 88 valence electrons. The van der Waals surface area contributed by atoms with E-state index in [0.29, 0.717) is 25.9 Å². The van der Waals surface area contributed by atoms with E-state index in [4.69, 9.17) is 23.2 Å². The van der Waals surface area contributed by atoms with E-state index < -0.39 is 0 Å². The second-order valence-corrected chi connectivity index (χ2v) is 4.90. The maximum atomic E-state index is 12.2. The van der Waals surface area contributed by atoms with Gasteiger partial charge in [0, 0.05) is 17.6 Å². The molecule has 2 rings (SSSR count). The molecule has 0 aliphatic heterocycles. The van der Waals surface area contributed by atoms with Crippen molar-refractivity contribution < 1.29 is 4.79 Å². The zero-order chi connectivity index (χ0) is 12.6. The highest BCUT2D eigenvalue weighted by Gasteiger charge is 2.20. The second kappa shape index (κ2) is 4.76. The molecule has 0 amide bonds. The largest absolute Gasteiger partial charge is 0.287 e. The molecule has 0 saturated heterocycles. The van der Waals surface area contributed by atoms with Crippen LogP contribution in [0.25, 0.3) is 0 Å². The zero-order valence-electron chi connectivity index (χ0n) is 8.62. The smallest absolute Gasteiger partial charge is 0.215 e. The lowest BCUT2D eigenvalue weighted by Gasteiger charge is -2.04. The molecule has 17 heavy (non-hydrogen) atoms. The van der Waals surface area contributed by atoms with Crippen molar-refractivity contribution in [2.24, 2.45) is 7.05 Å². The van der Waals surface area contributed by atoms with Crippen LogP contribution in [0.4, 0.5) is 0 Å². The van der Waals surface area contributed by atoms with Crippen LogP contribution in [0.1, 0.15) is 16.1 Å². The Morgan fingerprint density at radius 2 is 2.12 bits per heavy atom. The molecule has 1 heterocycles. The van der Waals surface area contributed by atoms with E-state index in [0.717, 1.165) is 0 Å². The van der Waals surface area contributed by atoms with E-state index in [2.05, 4.69) is 26.2 Å². The molecule has 0 saturated carbocycles. The Kier molecular flexibility index (Phi) is 3.51. The van der Waals surface area contributed by atoms with Crippen molar-refractivity contribution in [2.45, 2.75) is 0 Å². The minimum Gasteiger partial charge on any atom is -0.287 e. The average molecular weight is 335 g/mol. The number of aromatic nitrogens is 3. The van der Waals surface area contributed by atoms with Gasteiger partial charge < -0.3 is 0 Å². The van der Waals surface area contributed by atoms with Gasteiger partial charge >= 0.3 is 0 Å². The lowest BCUT2D eigenvalue weighted by Crippen LogP contribution is -2.09. The predicted octanol–water partition coefficient (Wildman–Crippen LogP) is 3.12. The van der Waals surface area contributed by atoms with Crippen LogP contribution in [0.2, 0.25) is 10.0 Å². The van der Waals surface area contributed by atoms with Gasteiger partial charge in [0.1, 0.15) is 5.69 Å². The number of halogens is 3. The van der Waals surface area contributed by atoms with Crippen LogP contribution in [-0.2, 0) is 7.05 Å². The van der Waals surface area contributed by atoms with E-state index in [9.17, 15) is 4.79 Å². The SMILES string of the molecule is Cn1nnc(Br)c1C(=O)c1ccc(Cl)cc1Cl. The predicted molar refractivity (Wildman–Crippen MR) is 68.6 cm³/mol. The molecule has 0 fully saturated rings. The number of rotatable bonds is 2. The van der Waals surface area contributed by atoms with Gasteiger partial charge in [-0.2, -0.15) is 0 Å². The molecule has 1 aromatic heterocycles. The fourth-order valence-electron chi connectivity index (χ4n) is 1.37. The summed E-state index contributed by atoms with van der Waals surface area (Å²) in [5, 5.41) is 8.27. The summed E-state index contributed by atoms with van der Waals surface area (Å²) in [6, 6.07) is 4.71. The lowest BCUT2D eigenvalue weighted by atomic mass is 10.1. The van der Waals surface area contributed by atoms with Gasteiger partial charge in [0.2, 0.25) is 5.78 Å². The van der Waals surface area contributed by atoms with Crippen molar-refractivity contribution in [1.82, 2.24) is 15.0 Å². The Morgan fingerprint density at radius 3 is 2.65 bits per heavy atom. The molecule has 2 aromatic rings. The molecular weight excluding hydrogens is 329 g/mol. The van der Waals surface area contributed by atoms with Gasteiger partial charge in [0.25, 0.3) is 0 Å². The lowest BCUT2D eigenvalue weighted by molar-refractivity contribution is 0.102. The molecule has 0 aliphatic carbocycles. The highest BCUT2D eigenvalue weighted by atomic mass is 79.9. The van der Waals surface area contributed by atoms with Gasteiger partial charge in [0.15, 0.2) is 4.60 Å². The summed E-state index contributed by atoms with van der Waals surface area (Å²) in [4.78, 5) is 12.2. The van der Waals surface area contributed by atoms with Crippen LogP contribution in [0.15, 0.2) is 22.8 Å².